The van der Waals surface area contributed by atoms with E-state index in [1.54, 1.807) is 18.5 Å². The molecule has 0 N–H and O–H groups in total. The van der Waals surface area contributed by atoms with Crippen molar-refractivity contribution in [3.8, 4) is 0 Å². The zero-order chi connectivity index (χ0) is 5.82. The molecule has 1 aromatic heterocycles. The van der Waals surface area contributed by atoms with Crippen LogP contribution in [0.5, 0.6) is 0 Å². The summed E-state index contributed by atoms with van der Waals surface area (Å²) >= 11 is 0. The Morgan fingerprint density at radius 1 is 1.33 bits per heavy atom. The first-order valence-corrected chi connectivity index (χ1v) is 2.46. The molecule has 1 aromatic rings. The van der Waals surface area contributed by atoms with Crippen LogP contribution in [-0.4, -0.2) is 4.98 Å². The molecule has 2 heteroatoms. The van der Waals surface area contributed by atoms with Crippen LogP contribution in [0.25, 0.3) is 6.08 Å². The molecule has 0 saturated heterocycles. The summed E-state index contributed by atoms with van der Waals surface area (Å²) in [4.78, 5) is 3.85. The molecular weight excluding hydrogens is 157 g/mol. The van der Waals surface area contributed by atoms with Gasteiger partial charge in [0, 0.05) is 29.2 Å². The van der Waals surface area contributed by atoms with Gasteiger partial charge in [0.1, 0.15) is 0 Å². The third-order valence-electron chi connectivity index (χ3n) is 0.942. The zero-order valence-corrected chi connectivity index (χ0v) is 5.92. The summed E-state index contributed by atoms with van der Waals surface area (Å²) < 4.78 is 0. The Hall–Kier alpha value is -0.604. The van der Waals surface area contributed by atoms with Gasteiger partial charge in [0.15, 0.2) is 0 Å². The van der Waals surface area contributed by atoms with Crippen molar-refractivity contribution in [1.82, 2.24) is 4.98 Å². The van der Waals surface area contributed by atoms with Gasteiger partial charge in [-0.25, -0.2) is 0 Å². The molecule has 0 spiro atoms. The minimum atomic E-state index is 0. The fourth-order valence-electron chi connectivity index (χ4n) is 0.500. The molecule has 1 radical (unpaired) electrons. The van der Waals surface area contributed by atoms with E-state index in [1.807, 2.05) is 12.1 Å². The van der Waals surface area contributed by atoms with E-state index < -0.39 is 0 Å². The molecule has 1 nitrogen and oxygen atoms in total. The molecule has 0 unspecified atom stereocenters. The van der Waals surface area contributed by atoms with Gasteiger partial charge in [0.25, 0.3) is 0 Å². The van der Waals surface area contributed by atoms with Crippen molar-refractivity contribution in [3.05, 3.63) is 36.7 Å². The first kappa shape index (κ1) is 8.40. The quantitative estimate of drug-likeness (QED) is 0.615. The van der Waals surface area contributed by atoms with E-state index in [-0.39, 0.29) is 16.8 Å². The van der Waals surface area contributed by atoms with Gasteiger partial charge < -0.3 is 0 Å². The summed E-state index contributed by atoms with van der Waals surface area (Å²) in [5.74, 6) is 0. The van der Waals surface area contributed by atoms with Crippen LogP contribution in [0.2, 0.25) is 0 Å². The monoisotopic (exact) mass is 164 g/mol. The normalized spacial score (nSPS) is 7.56. The van der Waals surface area contributed by atoms with Crippen LogP contribution in [0.4, 0.5) is 0 Å². The van der Waals surface area contributed by atoms with Gasteiger partial charge in [-0.15, -0.1) is 0 Å². The number of hydrogen-bond donors (Lipinski definition) is 0. The fraction of sp³-hybridized carbons (Fsp3) is 0. The SMILES string of the molecule is C=Cc1ccncc1.[Co]. The minimum Gasteiger partial charge on any atom is -0.265 e. The average Bonchev–Trinajstić information content (AvgIpc) is 1.90. The standard InChI is InChI=1S/C7H7N.Co/c1-2-7-3-5-8-6-4-7;/h2-6H,1H2;. The molecule has 1 heterocycles. The molecule has 0 aliphatic rings. The van der Waals surface area contributed by atoms with Crippen molar-refractivity contribution < 1.29 is 16.8 Å². The van der Waals surface area contributed by atoms with Crippen molar-refractivity contribution >= 4 is 6.08 Å². The molecule has 0 aliphatic carbocycles. The predicted octanol–water partition coefficient (Wildman–Crippen LogP) is 1.72. The van der Waals surface area contributed by atoms with Crippen LogP contribution in [-0.2, 0) is 16.8 Å². The summed E-state index contributed by atoms with van der Waals surface area (Å²) in [6, 6.07) is 3.82. The molecule has 0 fully saturated rings. The molecule has 0 aliphatic heterocycles. The summed E-state index contributed by atoms with van der Waals surface area (Å²) in [5.41, 5.74) is 1.11. The first-order chi connectivity index (χ1) is 3.93. The van der Waals surface area contributed by atoms with E-state index in [4.69, 9.17) is 0 Å². The minimum absolute atomic E-state index is 0. The van der Waals surface area contributed by atoms with Gasteiger partial charge in [0.05, 0.1) is 0 Å². The third kappa shape index (κ3) is 2.44. The Morgan fingerprint density at radius 2 is 1.89 bits per heavy atom. The Morgan fingerprint density at radius 3 is 2.22 bits per heavy atom. The Kier molecular flexibility index (Phi) is 4.00. The maximum Gasteiger partial charge on any atom is 0.0273 e. The van der Waals surface area contributed by atoms with Crippen LogP contribution < -0.4 is 0 Å². The molecule has 1 rings (SSSR count). The van der Waals surface area contributed by atoms with Crippen molar-refractivity contribution in [2.45, 2.75) is 0 Å². The summed E-state index contributed by atoms with van der Waals surface area (Å²) in [6.07, 6.45) is 5.29. The van der Waals surface area contributed by atoms with Crippen LogP contribution in [0.1, 0.15) is 5.56 Å². The summed E-state index contributed by atoms with van der Waals surface area (Å²) in [6.45, 7) is 3.60. The van der Waals surface area contributed by atoms with Gasteiger partial charge >= 0.3 is 0 Å². The van der Waals surface area contributed by atoms with Crippen molar-refractivity contribution in [2.24, 2.45) is 0 Å². The second kappa shape index (κ2) is 4.29. The van der Waals surface area contributed by atoms with Gasteiger partial charge in [-0.3, -0.25) is 4.98 Å². The number of rotatable bonds is 1. The van der Waals surface area contributed by atoms with E-state index in [0.717, 1.165) is 5.56 Å². The Bertz CT molecular complexity index is 172. The van der Waals surface area contributed by atoms with Gasteiger partial charge in [0.2, 0.25) is 0 Å². The van der Waals surface area contributed by atoms with Crippen molar-refractivity contribution in [3.63, 3.8) is 0 Å². The molecule has 0 saturated carbocycles. The van der Waals surface area contributed by atoms with Crippen LogP contribution in [0, 0.1) is 0 Å². The molecule has 0 bridgehead atoms. The number of aromatic nitrogens is 1. The van der Waals surface area contributed by atoms with E-state index in [2.05, 4.69) is 11.6 Å². The van der Waals surface area contributed by atoms with Gasteiger partial charge in [-0.05, 0) is 17.7 Å². The smallest absolute Gasteiger partial charge is 0.0273 e. The van der Waals surface area contributed by atoms with Crippen molar-refractivity contribution in [2.75, 3.05) is 0 Å². The molecule has 0 amide bonds. The first-order valence-electron chi connectivity index (χ1n) is 2.46. The Labute approximate surface area is 65.0 Å². The topological polar surface area (TPSA) is 12.9 Å². The molecule has 9 heavy (non-hydrogen) atoms. The van der Waals surface area contributed by atoms with Crippen LogP contribution >= 0.6 is 0 Å². The van der Waals surface area contributed by atoms with Crippen LogP contribution in [0.15, 0.2) is 31.1 Å². The number of hydrogen-bond acceptors (Lipinski definition) is 1. The average molecular weight is 164 g/mol. The van der Waals surface area contributed by atoms with E-state index in [9.17, 15) is 0 Å². The Balaban J connectivity index is 0.000000640. The largest absolute Gasteiger partial charge is 0.265 e. The number of nitrogens with zero attached hydrogens (tertiary/aromatic N) is 1. The van der Waals surface area contributed by atoms with Crippen molar-refractivity contribution in [1.29, 1.82) is 0 Å². The van der Waals surface area contributed by atoms with E-state index in [0.29, 0.717) is 0 Å². The van der Waals surface area contributed by atoms with E-state index in [1.165, 1.54) is 0 Å². The fourth-order valence-corrected chi connectivity index (χ4v) is 0.500. The van der Waals surface area contributed by atoms with Gasteiger partial charge in [-0.2, -0.15) is 0 Å². The third-order valence-corrected chi connectivity index (χ3v) is 0.942. The van der Waals surface area contributed by atoms with E-state index >= 15 is 0 Å². The second-order valence-electron chi connectivity index (χ2n) is 1.48. The second-order valence-corrected chi connectivity index (χ2v) is 1.48. The summed E-state index contributed by atoms with van der Waals surface area (Å²) in [5, 5.41) is 0. The maximum atomic E-state index is 3.85. The molecule has 0 aromatic carbocycles. The van der Waals surface area contributed by atoms with Gasteiger partial charge in [-0.1, -0.05) is 12.7 Å². The molecule has 49 valence electrons. The van der Waals surface area contributed by atoms with Crippen LogP contribution in [0.3, 0.4) is 0 Å². The predicted molar refractivity (Wildman–Crippen MR) is 34.3 cm³/mol. The summed E-state index contributed by atoms with van der Waals surface area (Å²) in [7, 11) is 0. The zero-order valence-electron chi connectivity index (χ0n) is 4.87. The molecular formula is C7H7CoN. The number of pyridine rings is 1. The molecule has 0 atom stereocenters. The maximum absolute atomic E-state index is 3.85.